The average molecular weight is 203 g/mol. The number of hydrogen-bond donors (Lipinski definition) is 1. The molecule has 0 bridgehead atoms. The van der Waals surface area contributed by atoms with Crippen LogP contribution in [0.2, 0.25) is 0 Å². The van der Waals surface area contributed by atoms with Crippen LogP contribution in [0.15, 0.2) is 29.3 Å². The van der Waals surface area contributed by atoms with Gasteiger partial charge in [0, 0.05) is 19.3 Å². The molecule has 3 nitrogen and oxygen atoms in total. The fraction of sp³-hybridized carbons (Fsp3) is 0.417. The van der Waals surface area contributed by atoms with Crippen LogP contribution in [0, 0.1) is 6.92 Å². The first kappa shape index (κ1) is 10.0. The van der Waals surface area contributed by atoms with E-state index in [0.717, 1.165) is 25.5 Å². The molecule has 0 aliphatic carbocycles. The number of nitrogens with one attached hydrogen (secondary N) is 1. The zero-order chi connectivity index (χ0) is 10.7. The quantitative estimate of drug-likeness (QED) is 0.805. The van der Waals surface area contributed by atoms with Crippen molar-refractivity contribution in [3.05, 3.63) is 29.8 Å². The van der Waals surface area contributed by atoms with E-state index < -0.39 is 0 Å². The van der Waals surface area contributed by atoms with Crippen molar-refractivity contribution in [1.29, 1.82) is 0 Å². The normalized spacial score (nSPS) is 14.7. The molecule has 2 rings (SSSR count). The minimum Gasteiger partial charge on any atom is -0.370 e. The lowest BCUT2D eigenvalue weighted by Crippen LogP contribution is -2.32. The van der Waals surface area contributed by atoms with Gasteiger partial charge in [-0.2, -0.15) is 0 Å². The first-order chi connectivity index (χ1) is 7.25. The molecule has 0 aromatic heterocycles. The van der Waals surface area contributed by atoms with Crippen molar-refractivity contribution in [3.8, 4) is 0 Å². The van der Waals surface area contributed by atoms with Crippen molar-refractivity contribution in [2.24, 2.45) is 4.99 Å². The van der Waals surface area contributed by atoms with Gasteiger partial charge in [0.1, 0.15) is 5.84 Å². The Morgan fingerprint density at radius 1 is 1.33 bits per heavy atom. The second-order valence-electron chi connectivity index (χ2n) is 3.95. The molecule has 0 unspecified atom stereocenters. The van der Waals surface area contributed by atoms with Gasteiger partial charge in [0.05, 0.1) is 13.1 Å². The summed E-state index contributed by atoms with van der Waals surface area (Å²) in [6.45, 7) is 4.86. The van der Waals surface area contributed by atoms with E-state index in [1.807, 2.05) is 0 Å². The van der Waals surface area contributed by atoms with Crippen molar-refractivity contribution in [2.75, 3.05) is 31.6 Å². The Balaban J connectivity index is 2.00. The number of anilines is 1. The minimum absolute atomic E-state index is 0.864. The maximum absolute atomic E-state index is 4.38. The van der Waals surface area contributed by atoms with Crippen LogP contribution in [0.25, 0.3) is 0 Å². The molecule has 1 heterocycles. The molecular formula is C12H17N3. The summed E-state index contributed by atoms with van der Waals surface area (Å²) in [6, 6.07) is 8.56. The molecule has 1 aromatic rings. The Kier molecular flexibility index (Phi) is 2.90. The summed E-state index contributed by atoms with van der Waals surface area (Å²) < 4.78 is 0. The van der Waals surface area contributed by atoms with Crippen LogP contribution in [-0.2, 0) is 0 Å². The van der Waals surface area contributed by atoms with E-state index in [4.69, 9.17) is 0 Å². The van der Waals surface area contributed by atoms with Crippen LogP contribution < -0.4 is 10.2 Å². The van der Waals surface area contributed by atoms with E-state index >= 15 is 0 Å². The van der Waals surface area contributed by atoms with Gasteiger partial charge in [-0.1, -0.05) is 17.7 Å². The highest BCUT2D eigenvalue weighted by Gasteiger charge is 2.08. The number of benzene rings is 1. The molecule has 0 atom stereocenters. The van der Waals surface area contributed by atoms with E-state index in [9.17, 15) is 0 Å². The van der Waals surface area contributed by atoms with Gasteiger partial charge in [-0.3, -0.25) is 4.99 Å². The highest BCUT2D eigenvalue weighted by molar-refractivity contribution is 5.87. The second kappa shape index (κ2) is 4.34. The van der Waals surface area contributed by atoms with Crippen LogP contribution in [0.5, 0.6) is 0 Å². The predicted molar refractivity (Wildman–Crippen MR) is 64.8 cm³/mol. The highest BCUT2D eigenvalue weighted by Crippen LogP contribution is 2.13. The topological polar surface area (TPSA) is 27.6 Å². The fourth-order valence-electron chi connectivity index (χ4n) is 1.67. The van der Waals surface area contributed by atoms with Gasteiger partial charge >= 0.3 is 0 Å². The molecule has 1 aliphatic heterocycles. The lowest BCUT2D eigenvalue weighted by Gasteiger charge is -2.19. The maximum Gasteiger partial charge on any atom is 0.116 e. The summed E-state index contributed by atoms with van der Waals surface area (Å²) in [4.78, 5) is 6.59. The van der Waals surface area contributed by atoms with Crippen molar-refractivity contribution in [1.82, 2.24) is 5.32 Å². The lowest BCUT2D eigenvalue weighted by molar-refractivity contribution is 0.944. The van der Waals surface area contributed by atoms with Crippen molar-refractivity contribution in [2.45, 2.75) is 6.92 Å². The number of likely N-dealkylation sites (N-methyl/N-ethyl adjacent to an activating group) is 1. The SMILES string of the molecule is Cc1ccc(N(C)CC2=NCCN2)cc1. The van der Waals surface area contributed by atoms with Crippen LogP contribution in [0.3, 0.4) is 0 Å². The number of hydrogen-bond acceptors (Lipinski definition) is 3. The van der Waals surface area contributed by atoms with Gasteiger partial charge in [-0.25, -0.2) is 0 Å². The molecule has 0 saturated heterocycles. The zero-order valence-electron chi connectivity index (χ0n) is 9.33. The molecule has 0 spiro atoms. The maximum atomic E-state index is 4.38. The van der Waals surface area contributed by atoms with Crippen molar-refractivity contribution < 1.29 is 0 Å². The molecule has 80 valence electrons. The van der Waals surface area contributed by atoms with Crippen LogP contribution in [-0.4, -0.2) is 32.5 Å². The van der Waals surface area contributed by atoms with Crippen LogP contribution in [0.1, 0.15) is 5.56 Å². The third-order valence-electron chi connectivity index (χ3n) is 2.61. The monoisotopic (exact) mass is 203 g/mol. The van der Waals surface area contributed by atoms with E-state index in [-0.39, 0.29) is 0 Å². The summed E-state index contributed by atoms with van der Waals surface area (Å²) >= 11 is 0. The number of nitrogens with zero attached hydrogens (tertiary/aromatic N) is 2. The molecule has 1 aliphatic rings. The predicted octanol–water partition coefficient (Wildman–Crippen LogP) is 1.43. The van der Waals surface area contributed by atoms with E-state index in [0.29, 0.717) is 0 Å². The second-order valence-corrected chi connectivity index (χ2v) is 3.95. The Labute approximate surface area is 90.8 Å². The van der Waals surface area contributed by atoms with Crippen molar-refractivity contribution in [3.63, 3.8) is 0 Å². The third-order valence-corrected chi connectivity index (χ3v) is 2.61. The van der Waals surface area contributed by atoms with Crippen LogP contribution in [0.4, 0.5) is 5.69 Å². The van der Waals surface area contributed by atoms with Gasteiger partial charge in [-0.15, -0.1) is 0 Å². The third kappa shape index (κ3) is 2.49. The first-order valence-electron chi connectivity index (χ1n) is 5.31. The first-order valence-corrected chi connectivity index (χ1v) is 5.31. The molecule has 0 fully saturated rings. The summed E-state index contributed by atoms with van der Waals surface area (Å²) in [5.41, 5.74) is 2.53. The molecular weight excluding hydrogens is 186 g/mol. The summed E-state index contributed by atoms with van der Waals surface area (Å²) in [7, 11) is 2.09. The van der Waals surface area contributed by atoms with Crippen molar-refractivity contribution >= 4 is 11.5 Å². The van der Waals surface area contributed by atoms with Gasteiger partial charge in [0.25, 0.3) is 0 Å². The standard InChI is InChI=1S/C12H17N3/c1-10-3-5-11(6-4-10)15(2)9-12-13-7-8-14-12/h3-6H,7-9H2,1-2H3,(H,13,14). The number of aliphatic imine (C=N–C) groups is 1. The Hall–Kier alpha value is -1.51. The van der Waals surface area contributed by atoms with Gasteiger partial charge in [-0.05, 0) is 19.1 Å². The highest BCUT2D eigenvalue weighted by atomic mass is 15.2. The summed E-state index contributed by atoms with van der Waals surface area (Å²) in [5.74, 6) is 1.10. The number of rotatable bonds is 3. The summed E-state index contributed by atoms with van der Waals surface area (Å²) in [5, 5.41) is 3.28. The van der Waals surface area contributed by atoms with Gasteiger partial charge in [0.2, 0.25) is 0 Å². The summed E-state index contributed by atoms with van der Waals surface area (Å²) in [6.07, 6.45) is 0. The number of amidine groups is 1. The fourth-order valence-corrected chi connectivity index (χ4v) is 1.67. The van der Waals surface area contributed by atoms with Crippen LogP contribution >= 0.6 is 0 Å². The van der Waals surface area contributed by atoms with Gasteiger partial charge in [0.15, 0.2) is 0 Å². The molecule has 1 N–H and O–H groups in total. The lowest BCUT2D eigenvalue weighted by atomic mass is 10.2. The zero-order valence-corrected chi connectivity index (χ0v) is 9.33. The smallest absolute Gasteiger partial charge is 0.116 e. The average Bonchev–Trinajstić information content (AvgIpc) is 2.71. The largest absolute Gasteiger partial charge is 0.370 e. The molecule has 3 heteroatoms. The molecule has 15 heavy (non-hydrogen) atoms. The number of aryl methyl sites for hydroxylation is 1. The molecule has 0 radical (unpaired) electrons. The Morgan fingerprint density at radius 3 is 2.67 bits per heavy atom. The van der Waals surface area contributed by atoms with E-state index in [1.165, 1.54) is 11.3 Å². The van der Waals surface area contributed by atoms with E-state index in [2.05, 4.69) is 53.4 Å². The van der Waals surface area contributed by atoms with Gasteiger partial charge < -0.3 is 10.2 Å². The molecule has 1 aromatic carbocycles. The van der Waals surface area contributed by atoms with E-state index in [1.54, 1.807) is 0 Å². The Morgan fingerprint density at radius 2 is 2.07 bits per heavy atom. The molecule has 0 amide bonds. The molecule has 0 saturated carbocycles. The Bertz CT molecular complexity index is 354. The minimum atomic E-state index is 0.864.